The minimum Gasteiger partial charge on any atom is -0.665 e. The van der Waals surface area contributed by atoms with Gasteiger partial charge in [-0.2, -0.15) is 7.05 Å². The van der Waals surface area contributed by atoms with E-state index >= 15 is 0 Å². The normalized spacial score (nSPS) is 7.71. The molecule has 0 spiro atoms. The van der Waals surface area contributed by atoms with E-state index in [9.17, 15) is 0 Å². The Hall–Kier alpha value is 0.557. The maximum absolute atomic E-state index is 3.93. The van der Waals surface area contributed by atoms with Crippen LogP contribution in [-0.4, -0.2) is 13.6 Å². The first-order valence-corrected chi connectivity index (χ1v) is 2.47. The van der Waals surface area contributed by atoms with Crippen molar-refractivity contribution in [2.45, 2.75) is 19.8 Å². The van der Waals surface area contributed by atoms with Gasteiger partial charge in [-0.3, -0.25) is 0 Å². The van der Waals surface area contributed by atoms with Crippen LogP contribution in [0.2, 0.25) is 0 Å². The van der Waals surface area contributed by atoms with Crippen molar-refractivity contribution in [1.82, 2.24) is 0 Å². The van der Waals surface area contributed by atoms with Crippen molar-refractivity contribution < 1.29 is 18.9 Å². The van der Waals surface area contributed by atoms with E-state index in [1.165, 1.54) is 12.8 Å². The van der Waals surface area contributed by atoms with Gasteiger partial charge in [0.15, 0.2) is 0 Å². The summed E-state index contributed by atoms with van der Waals surface area (Å²) in [6.07, 6.45) is 2.51. The van der Waals surface area contributed by atoms with Crippen LogP contribution in [0.15, 0.2) is 0 Å². The summed E-state index contributed by atoms with van der Waals surface area (Å²) in [4.78, 5) is 0. The second-order valence-corrected chi connectivity index (χ2v) is 1.39. The third-order valence-electron chi connectivity index (χ3n) is 0.735. The first kappa shape index (κ1) is 10.5. The van der Waals surface area contributed by atoms with Crippen molar-refractivity contribution in [1.29, 1.82) is 0 Å². The van der Waals surface area contributed by atoms with Crippen molar-refractivity contribution in [3.8, 4) is 0 Å². The number of hydrogen-bond donors (Lipinski definition) is 0. The quantitative estimate of drug-likeness (QED) is 0.307. The van der Waals surface area contributed by atoms with Gasteiger partial charge >= 0.3 is 18.9 Å². The Labute approximate surface area is 58.0 Å². The third kappa shape index (κ3) is 10.8. The van der Waals surface area contributed by atoms with Crippen LogP contribution < -0.4 is 18.9 Å². The van der Waals surface area contributed by atoms with Crippen molar-refractivity contribution in [3.05, 3.63) is 5.32 Å². The van der Waals surface area contributed by atoms with E-state index in [0.717, 1.165) is 6.54 Å². The molecule has 0 aliphatic heterocycles. The fraction of sp³-hybridized carbons (Fsp3) is 1.00. The van der Waals surface area contributed by atoms with Gasteiger partial charge in [-0.1, -0.05) is 19.8 Å². The standard InChI is InChI=1S/C5H12N.Li/c1-3-4-5-6-2;/h3-5H2,1-2H3;/q-1;+1. The molecular formula is C5H12LiN. The smallest absolute Gasteiger partial charge is 0.665 e. The molecule has 0 bridgehead atoms. The zero-order chi connectivity index (χ0) is 4.83. The van der Waals surface area contributed by atoms with Gasteiger partial charge in [-0.25, -0.2) is 0 Å². The largest absolute Gasteiger partial charge is 1.00 e. The van der Waals surface area contributed by atoms with E-state index in [-0.39, 0.29) is 18.9 Å². The van der Waals surface area contributed by atoms with Crippen molar-refractivity contribution in [2.75, 3.05) is 13.6 Å². The van der Waals surface area contributed by atoms with Crippen molar-refractivity contribution in [2.24, 2.45) is 0 Å². The molecule has 0 heterocycles. The van der Waals surface area contributed by atoms with Crippen LogP contribution in [0.5, 0.6) is 0 Å². The minimum absolute atomic E-state index is 0. The van der Waals surface area contributed by atoms with Crippen LogP contribution in [-0.2, 0) is 0 Å². The van der Waals surface area contributed by atoms with Gasteiger partial charge in [0.25, 0.3) is 0 Å². The fourth-order valence-corrected chi connectivity index (χ4v) is 0.316. The van der Waals surface area contributed by atoms with Crippen LogP contribution in [0.25, 0.3) is 5.32 Å². The molecule has 0 fully saturated rings. The molecule has 0 aromatic rings. The van der Waals surface area contributed by atoms with E-state index in [0.29, 0.717) is 0 Å². The van der Waals surface area contributed by atoms with Crippen LogP contribution >= 0.6 is 0 Å². The van der Waals surface area contributed by atoms with Gasteiger partial charge in [-0.15, -0.1) is 6.54 Å². The Morgan fingerprint density at radius 2 is 2.00 bits per heavy atom. The predicted octanol–water partition coefficient (Wildman–Crippen LogP) is -1.21. The van der Waals surface area contributed by atoms with E-state index in [1.807, 2.05) is 7.05 Å². The van der Waals surface area contributed by atoms with Gasteiger partial charge in [-0.05, 0) is 0 Å². The summed E-state index contributed by atoms with van der Waals surface area (Å²) in [5.41, 5.74) is 0. The van der Waals surface area contributed by atoms with Crippen LogP contribution in [0.4, 0.5) is 0 Å². The average Bonchev–Trinajstić information content (AvgIpc) is 1.61. The van der Waals surface area contributed by atoms with Gasteiger partial charge < -0.3 is 5.32 Å². The van der Waals surface area contributed by atoms with Gasteiger partial charge in [0.2, 0.25) is 0 Å². The van der Waals surface area contributed by atoms with E-state index in [4.69, 9.17) is 0 Å². The first-order valence-electron chi connectivity index (χ1n) is 2.47. The van der Waals surface area contributed by atoms with E-state index < -0.39 is 0 Å². The molecule has 0 radical (unpaired) electrons. The van der Waals surface area contributed by atoms with Crippen molar-refractivity contribution >= 4 is 0 Å². The maximum atomic E-state index is 3.93. The maximum Gasteiger partial charge on any atom is 1.00 e. The Morgan fingerprint density at radius 1 is 1.43 bits per heavy atom. The monoisotopic (exact) mass is 93.1 g/mol. The third-order valence-corrected chi connectivity index (χ3v) is 0.735. The van der Waals surface area contributed by atoms with E-state index in [2.05, 4.69) is 12.2 Å². The molecule has 0 saturated heterocycles. The number of unbranched alkanes of at least 4 members (excludes halogenated alkanes) is 1. The molecule has 0 atom stereocenters. The van der Waals surface area contributed by atoms with Crippen LogP contribution in [0.3, 0.4) is 0 Å². The van der Waals surface area contributed by atoms with Gasteiger partial charge in [0.05, 0.1) is 0 Å². The average molecular weight is 93.1 g/mol. The first-order chi connectivity index (χ1) is 2.91. The minimum atomic E-state index is 0. The topological polar surface area (TPSA) is 14.1 Å². The Bertz CT molecular complexity index is 20.0. The molecule has 0 N–H and O–H groups in total. The second kappa shape index (κ2) is 9.75. The van der Waals surface area contributed by atoms with Gasteiger partial charge in [0, 0.05) is 0 Å². The Kier molecular flexibility index (Phi) is 14.7. The number of nitrogens with zero attached hydrogens (tertiary/aromatic N) is 1. The molecule has 0 rings (SSSR count). The SMILES string of the molecule is CCCC[N-]C.[Li+]. The summed E-state index contributed by atoms with van der Waals surface area (Å²) in [5, 5.41) is 3.93. The molecule has 0 aromatic carbocycles. The fourth-order valence-electron chi connectivity index (χ4n) is 0.316. The van der Waals surface area contributed by atoms with E-state index in [1.54, 1.807) is 0 Å². The molecule has 38 valence electrons. The molecular weight excluding hydrogens is 81.0 g/mol. The van der Waals surface area contributed by atoms with Crippen molar-refractivity contribution in [3.63, 3.8) is 0 Å². The molecule has 1 nitrogen and oxygen atoms in total. The zero-order valence-electron chi connectivity index (χ0n) is 5.57. The molecule has 0 aliphatic rings. The molecule has 0 amide bonds. The predicted molar refractivity (Wildman–Crippen MR) is 29.1 cm³/mol. The molecule has 0 aliphatic carbocycles. The zero-order valence-corrected chi connectivity index (χ0v) is 5.57. The Morgan fingerprint density at radius 3 is 2.14 bits per heavy atom. The van der Waals surface area contributed by atoms with Crippen LogP contribution in [0.1, 0.15) is 19.8 Å². The summed E-state index contributed by atoms with van der Waals surface area (Å²) in [6, 6.07) is 0. The molecule has 7 heavy (non-hydrogen) atoms. The number of rotatable bonds is 3. The molecule has 0 unspecified atom stereocenters. The number of hydrogen-bond acceptors (Lipinski definition) is 0. The summed E-state index contributed by atoms with van der Waals surface area (Å²) in [5.74, 6) is 0. The molecule has 0 aromatic heterocycles. The summed E-state index contributed by atoms with van der Waals surface area (Å²) < 4.78 is 0. The molecule has 2 heteroatoms. The molecule has 0 saturated carbocycles. The summed E-state index contributed by atoms with van der Waals surface area (Å²) in [7, 11) is 1.86. The van der Waals surface area contributed by atoms with Gasteiger partial charge in [0.1, 0.15) is 0 Å². The summed E-state index contributed by atoms with van der Waals surface area (Å²) in [6.45, 7) is 3.21. The summed E-state index contributed by atoms with van der Waals surface area (Å²) >= 11 is 0. The Balaban J connectivity index is 0. The second-order valence-electron chi connectivity index (χ2n) is 1.39. The van der Waals surface area contributed by atoms with Crippen LogP contribution in [0, 0.1) is 0 Å².